The SMILES string of the molecule is CCOC(=O)C1(C(=O)OCC)N(Cc2ccccc2)C(=O)C1(C)C. The first-order chi connectivity index (χ1) is 11.3. The van der Waals surface area contributed by atoms with E-state index in [1.807, 2.05) is 30.3 Å². The molecule has 0 atom stereocenters. The molecule has 0 saturated carbocycles. The first-order valence-corrected chi connectivity index (χ1v) is 8.04. The van der Waals surface area contributed by atoms with Gasteiger partial charge in [-0.05, 0) is 33.3 Å². The molecular formula is C18H23NO5. The van der Waals surface area contributed by atoms with Crippen LogP contribution in [0.3, 0.4) is 0 Å². The second-order valence-electron chi connectivity index (χ2n) is 6.15. The molecule has 0 radical (unpaired) electrons. The van der Waals surface area contributed by atoms with Crippen LogP contribution in [0.25, 0.3) is 0 Å². The molecule has 1 amide bonds. The van der Waals surface area contributed by atoms with E-state index in [1.165, 1.54) is 4.90 Å². The Morgan fingerprint density at radius 1 is 1.00 bits per heavy atom. The minimum absolute atomic E-state index is 0.115. The average molecular weight is 333 g/mol. The summed E-state index contributed by atoms with van der Waals surface area (Å²) in [5.41, 5.74) is -2.16. The van der Waals surface area contributed by atoms with Crippen LogP contribution in [0.2, 0.25) is 0 Å². The van der Waals surface area contributed by atoms with Gasteiger partial charge in [0.1, 0.15) is 0 Å². The Labute approximate surface area is 141 Å². The average Bonchev–Trinajstić information content (AvgIpc) is 2.55. The van der Waals surface area contributed by atoms with Crippen LogP contribution in [0.5, 0.6) is 0 Å². The van der Waals surface area contributed by atoms with Crippen molar-refractivity contribution in [1.29, 1.82) is 0 Å². The quantitative estimate of drug-likeness (QED) is 0.452. The van der Waals surface area contributed by atoms with Gasteiger partial charge in [0, 0.05) is 6.54 Å². The molecule has 24 heavy (non-hydrogen) atoms. The van der Waals surface area contributed by atoms with Gasteiger partial charge in [-0.3, -0.25) is 4.79 Å². The topological polar surface area (TPSA) is 72.9 Å². The van der Waals surface area contributed by atoms with E-state index >= 15 is 0 Å². The lowest BCUT2D eigenvalue weighted by Crippen LogP contribution is -2.82. The lowest BCUT2D eigenvalue weighted by atomic mass is 9.61. The molecule has 0 N–H and O–H groups in total. The van der Waals surface area contributed by atoms with Gasteiger partial charge < -0.3 is 14.4 Å². The maximum Gasteiger partial charge on any atom is 0.345 e. The van der Waals surface area contributed by atoms with Crippen molar-refractivity contribution < 1.29 is 23.9 Å². The number of hydrogen-bond donors (Lipinski definition) is 0. The fourth-order valence-corrected chi connectivity index (χ4v) is 3.17. The molecule has 1 saturated heterocycles. The number of esters is 2. The Balaban J connectivity index is 2.47. The lowest BCUT2D eigenvalue weighted by molar-refractivity contribution is -0.216. The zero-order valence-corrected chi connectivity index (χ0v) is 14.5. The zero-order valence-electron chi connectivity index (χ0n) is 14.5. The van der Waals surface area contributed by atoms with Crippen LogP contribution in [0, 0.1) is 5.41 Å². The van der Waals surface area contributed by atoms with E-state index in [0.717, 1.165) is 5.56 Å². The molecular weight excluding hydrogens is 310 g/mol. The number of nitrogens with zero attached hydrogens (tertiary/aromatic N) is 1. The number of carbonyl (C=O) groups is 3. The summed E-state index contributed by atoms with van der Waals surface area (Å²) in [6.07, 6.45) is 0. The monoisotopic (exact) mass is 333 g/mol. The van der Waals surface area contributed by atoms with Crippen molar-refractivity contribution in [3.05, 3.63) is 35.9 Å². The van der Waals surface area contributed by atoms with Gasteiger partial charge in [-0.15, -0.1) is 0 Å². The Morgan fingerprint density at radius 2 is 1.50 bits per heavy atom. The number of β-lactam (4-membered cyclic amide) rings is 1. The molecule has 6 heteroatoms. The van der Waals surface area contributed by atoms with Crippen LogP contribution < -0.4 is 0 Å². The number of hydrogen-bond acceptors (Lipinski definition) is 5. The minimum Gasteiger partial charge on any atom is -0.464 e. The van der Waals surface area contributed by atoms with Crippen LogP contribution in [-0.2, 0) is 30.4 Å². The van der Waals surface area contributed by atoms with Crippen LogP contribution in [0.15, 0.2) is 30.3 Å². The van der Waals surface area contributed by atoms with Crippen molar-refractivity contribution in [2.75, 3.05) is 13.2 Å². The summed E-state index contributed by atoms with van der Waals surface area (Å²) >= 11 is 0. The van der Waals surface area contributed by atoms with E-state index in [1.54, 1.807) is 27.7 Å². The first-order valence-electron chi connectivity index (χ1n) is 8.04. The highest BCUT2D eigenvalue weighted by Gasteiger charge is 2.76. The van der Waals surface area contributed by atoms with Crippen LogP contribution in [0.1, 0.15) is 33.3 Å². The van der Waals surface area contributed by atoms with Gasteiger partial charge >= 0.3 is 11.9 Å². The largest absolute Gasteiger partial charge is 0.464 e. The van der Waals surface area contributed by atoms with Crippen LogP contribution in [-0.4, -0.2) is 41.5 Å². The number of likely N-dealkylation sites (tertiary alicyclic amines) is 1. The fraction of sp³-hybridized carbons (Fsp3) is 0.500. The Kier molecular flexibility index (Phi) is 4.96. The lowest BCUT2D eigenvalue weighted by Gasteiger charge is -2.58. The first kappa shape index (κ1) is 18.0. The highest BCUT2D eigenvalue weighted by atomic mass is 16.6. The van der Waals surface area contributed by atoms with Gasteiger partial charge in [-0.2, -0.15) is 0 Å². The van der Waals surface area contributed by atoms with E-state index in [-0.39, 0.29) is 25.7 Å². The van der Waals surface area contributed by atoms with E-state index in [2.05, 4.69) is 0 Å². The number of ether oxygens (including phenoxy) is 2. The molecule has 1 aromatic carbocycles. The Morgan fingerprint density at radius 3 is 1.96 bits per heavy atom. The third-order valence-corrected chi connectivity index (χ3v) is 4.41. The molecule has 0 aliphatic carbocycles. The molecule has 1 heterocycles. The summed E-state index contributed by atoms with van der Waals surface area (Å²) < 4.78 is 10.3. The van der Waals surface area contributed by atoms with Crippen molar-refractivity contribution in [2.24, 2.45) is 5.41 Å². The second kappa shape index (κ2) is 6.63. The Hall–Kier alpha value is -2.37. The zero-order chi connectivity index (χ0) is 18.0. The van der Waals surface area contributed by atoms with Gasteiger partial charge in [0.15, 0.2) is 0 Å². The molecule has 0 bridgehead atoms. The standard InChI is InChI=1S/C18H23NO5/c1-5-23-15(21)18(16(22)24-6-2)17(3,4)14(20)19(18)12-13-10-8-7-9-11-13/h7-11H,5-6,12H2,1-4H3. The van der Waals surface area contributed by atoms with Crippen molar-refractivity contribution in [3.63, 3.8) is 0 Å². The van der Waals surface area contributed by atoms with Gasteiger partial charge in [0.05, 0.1) is 18.6 Å². The Bertz CT molecular complexity index is 620. The summed E-state index contributed by atoms with van der Waals surface area (Å²) in [6.45, 7) is 6.83. The van der Waals surface area contributed by atoms with Crippen molar-refractivity contribution in [1.82, 2.24) is 4.90 Å². The van der Waals surface area contributed by atoms with Crippen molar-refractivity contribution in [3.8, 4) is 0 Å². The van der Waals surface area contributed by atoms with E-state index in [9.17, 15) is 14.4 Å². The predicted molar refractivity (Wildman–Crippen MR) is 86.8 cm³/mol. The third-order valence-electron chi connectivity index (χ3n) is 4.41. The second-order valence-corrected chi connectivity index (χ2v) is 6.15. The number of rotatable bonds is 6. The van der Waals surface area contributed by atoms with Crippen LogP contribution >= 0.6 is 0 Å². The molecule has 0 aromatic heterocycles. The summed E-state index contributed by atoms with van der Waals surface area (Å²) in [4.78, 5) is 39.3. The molecule has 1 aliphatic heterocycles. The molecule has 1 aromatic rings. The van der Waals surface area contributed by atoms with Crippen LogP contribution in [0.4, 0.5) is 0 Å². The normalized spacial score (nSPS) is 17.8. The number of amides is 1. The summed E-state index contributed by atoms with van der Waals surface area (Å²) in [7, 11) is 0. The maximum atomic E-state index is 12.7. The predicted octanol–water partition coefficient (Wildman–Crippen LogP) is 1.92. The van der Waals surface area contributed by atoms with Gasteiger partial charge in [-0.25, -0.2) is 9.59 Å². The molecule has 0 unspecified atom stereocenters. The molecule has 2 rings (SSSR count). The maximum absolute atomic E-state index is 12.7. The van der Waals surface area contributed by atoms with Gasteiger partial charge in [-0.1, -0.05) is 30.3 Å². The third kappa shape index (κ3) is 2.46. The summed E-state index contributed by atoms with van der Waals surface area (Å²) in [5, 5.41) is 0. The van der Waals surface area contributed by atoms with E-state index < -0.39 is 22.9 Å². The van der Waals surface area contributed by atoms with Crippen molar-refractivity contribution in [2.45, 2.75) is 39.8 Å². The molecule has 0 spiro atoms. The van der Waals surface area contributed by atoms with E-state index in [0.29, 0.717) is 0 Å². The molecule has 130 valence electrons. The summed E-state index contributed by atoms with van der Waals surface area (Å²) in [6, 6.07) is 9.19. The smallest absolute Gasteiger partial charge is 0.345 e. The molecule has 1 aliphatic rings. The minimum atomic E-state index is -1.76. The molecule has 6 nitrogen and oxygen atoms in total. The highest BCUT2D eigenvalue weighted by molar-refractivity contribution is 6.18. The van der Waals surface area contributed by atoms with E-state index in [4.69, 9.17) is 9.47 Å². The summed E-state index contributed by atoms with van der Waals surface area (Å²) in [5.74, 6) is -1.78. The number of benzene rings is 1. The van der Waals surface area contributed by atoms with Gasteiger partial charge in [0.2, 0.25) is 5.91 Å². The highest BCUT2D eigenvalue weighted by Crippen LogP contribution is 2.50. The van der Waals surface area contributed by atoms with Crippen molar-refractivity contribution >= 4 is 17.8 Å². The molecule has 1 fully saturated rings. The number of carbonyl (C=O) groups excluding carboxylic acids is 3. The van der Waals surface area contributed by atoms with Gasteiger partial charge in [0.25, 0.3) is 5.54 Å². The fourth-order valence-electron chi connectivity index (χ4n) is 3.17.